The summed E-state index contributed by atoms with van der Waals surface area (Å²) in [6, 6.07) is 11.2. The van der Waals surface area contributed by atoms with E-state index in [1.165, 1.54) is 17.0 Å². The maximum Gasteiger partial charge on any atom is 0.293 e. The number of unbranched alkanes of at least 4 members (excludes halogenated alkanes) is 2. The molecule has 0 unspecified atom stereocenters. The number of thioether (sulfide) groups is 1. The molecule has 4 nitrogen and oxygen atoms in total. The van der Waals surface area contributed by atoms with Gasteiger partial charge in [-0.3, -0.25) is 14.5 Å². The van der Waals surface area contributed by atoms with Crippen molar-refractivity contribution in [3.8, 4) is 5.75 Å². The lowest BCUT2D eigenvalue weighted by molar-refractivity contribution is -0.122. The SMILES string of the molecule is CCCCCN1C(=O)S/C(=C\c2ccc(OCc3ccc(F)cc3)c(Cl)c2)C1=O. The van der Waals surface area contributed by atoms with Crippen molar-refractivity contribution in [2.75, 3.05) is 6.54 Å². The highest BCUT2D eigenvalue weighted by Gasteiger charge is 2.34. The Bertz CT molecular complexity index is 930. The molecule has 0 spiro atoms. The fraction of sp³-hybridized carbons (Fsp3) is 0.273. The number of carbonyl (C=O) groups excluding carboxylic acids is 2. The molecule has 2 aromatic rings. The third-order valence-corrected chi connectivity index (χ3v) is 5.62. The molecule has 0 atom stereocenters. The van der Waals surface area contributed by atoms with Gasteiger partial charge in [-0.15, -0.1) is 0 Å². The maximum atomic E-state index is 13.0. The summed E-state index contributed by atoms with van der Waals surface area (Å²) in [4.78, 5) is 26.3. The summed E-state index contributed by atoms with van der Waals surface area (Å²) in [6.07, 6.45) is 4.49. The Morgan fingerprint density at radius 2 is 1.90 bits per heavy atom. The molecule has 1 fully saturated rings. The van der Waals surface area contributed by atoms with Crippen LogP contribution in [-0.2, 0) is 11.4 Å². The number of ether oxygens (including phenoxy) is 1. The van der Waals surface area contributed by atoms with Crippen LogP contribution in [0.25, 0.3) is 6.08 Å². The monoisotopic (exact) mass is 433 g/mol. The van der Waals surface area contributed by atoms with Gasteiger partial charge in [-0.05, 0) is 59.7 Å². The minimum Gasteiger partial charge on any atom is -0.487 e. The zero-order chi connectivity index (χ0) is 20.8. The molecule has 0 radical (unpaired) electrons. The first kappa shape index (κ1) is 21.4. The largest absolute Gasteiger partial charge is 0.487 e. The molecule has 7 heteroatoms. The Labute approximate surface area is 178 Å². The van der Waals surface area contributed by atoms with Crippen molar-refractivity contribution in [2.24, 2.45) is 0 Å². The van der Waals surface area contributed by atoms with Crippen molar-refractivity contribution in [1.29, 1.82) is 0 Å². The molecule has 29 heavy (non-hydrogen) atoms. The highest BCUT2D eigenvalue weighted by Crippen LogP contribution is 2.34. The number of hydrogen-bond acceptors (Lipinski definition) is 4. The Balaban J connectivity index is 1.65. The molecule has 0 aromatic heterocycles. The number of imide groups is 1. The van der Waals surface area contributed by atoms with Gasteiger partial charge >= 0.3 is 0 Å². The van der Waals surface area contributed by atoms with Crippen LogP contribution < -0.4 is 4.74 Å². The molecule has 3 rings (SSSR count). The van der Waals surface area contributed by atoms with Crippen LogP contribution in [0.5, 0.6) is 5.75 Å². The summed E-state index contributed by atoms with van der Waals surface area (Å²) in [5.74, 6) is -0.0735. The molecular formula is C22H21ClFNO3S. The molecule has 1 aliphatic rings. The minimum absolute atomic E-state index is 0.234. The summed E-state index contributed by atoms with van der Waals surface area (Å²) >= 11 is 7.25. The van der Waals surface area contributed by atoms with Gasteiger partial charge in [-0.1, -0.05) is 49.6 Å². The van der Waals surface area contributed by atoms with Gasteiger partial charge in [0.25, 0.3) is 11.1 Å². The van der Waals surface area contributed by atoms with E-state index in [-0.39, 0.29) is 23.6 Å². The maximum absolute atomic E-state index is 13.0. The van der Waals surface area contributed by atoms with E-state index in [0.717, 1.165) is 36.6 Å². The van der Waals surface area contributed by atoms with Crippen molar-refractivity contribution in [2.45, 2.75) is 32.8 Å². The molecule has 2 aromatic carbocycles. The molecule has 0 N–H and O–H groups in total. The lowest BCUT2D eigenvalue weighted by Crippen LogP contribution is -2.29. The van der Waals surface area contributed by atoms with Gasteiger partial charge in [0, 0.05) is 6.54 Å². The number of benzene rings is 2. The molecule has 2 amide bonds. The average Bonchev–Trinajstić information content (AvgIpc) is 2.96. The van der Waals surface area contributed by atoms with Crippen LogP contribution in [0.15, 0.2) is 47.4 Å². The Morgan fingerprint density at radius 3 is 2.59 bits per heavy atom. The van der Waals surface area contributed by atoms with Gasteiger partial charge in [-0.25, -0.2) is 4.39 Å². The third-order valence-electron chi connectivity index (χ3n) is 4.42. The predicted octanol–water partition coefficient (Wildman–Crippen LogP) is 6.28. The summed E-state index contributed by atoms with van der Waals surface area (Å²) in [5, 5.41) is 0.158. The Kier molecular flexibility index (Phi) is 7.34. The minimum atomic E-state index is -0.300. The van der Waals surface area contributed by atoms with Crippen LogP contribution in [-0.4, -0.2) is 22.6 Å². The fourth-order valence-electron chi connectivity index (χ4n) is 2.83. The van der Waals surface area contributed by atoms with Gasteiger partial charge < -0.3 is 4.74 Å². The molecule has 152 valence electrons. The van der Waals surface area contributed by atoms with E-state index in [1.807, 2.05) is 0 Å². The van der Waals surface area contributed by atoms with Crippen LogP contribution in [0.2, 0.25) is 5.02 Å². The number of halogens is 2. The molecule has 0 aliphatic carbocycles. The van der Waals surface area contributed by atoms with E-state index in [9.17, 15) is 14.0 Å². The number of carbonyl (C=O) groups is 2. The smallest absolute Gasteiger partial charge is 0.293 e. The van der Waals surface area contributed by atoms with E-state index < -0.39 is 0 Å². The Morgan fingerprint density at radius 1 is 1.14 bits per heavy atom. The first-order chi connectivity index (χ1) is 14.0. The van der Waals surface area contributed by atoms with E-state index in [1.54, 1.807) is 36.4 Å². The van der Waals surface area contributed by atoms with E-state index >= 15 is 0 Å². The lowest BCUT2D eigenvalue weighted by Gasteiger charge is -2.11. The standard InChI is InChI=1S/C22H21ClFNO3S/c1-2-3-4-11-25-21(26)20(29-22(25)27)13-16-7-10-19(18(23)12-16)28-14-15-5-8-17(24)9-6-15/h5-10,12-13H,2-4,11,14H2,1H3/b20-13-. The third kappa shape index (κ3) is 5.61. The van der Waals surface area contributed by atoms with Crippen LogP contribution in [0, 0.1) is 5.82 Å². The lowest BCUT2D eigenvalue weighted by atomic mass is 10.2. The number of rotatable bonds is 8. The van der Waals surface area contributed by atoms with Crippen LogP contribution in [0.3, 0.4) is 0 Å². The Hall–Kier alpha value is -2.31. The van der Waals surface area contributed by atoms with Crippen LogP contribution in [0.4, 0.5) is 9.18 Å². The average molecular weight is 434 g/mol. The zero-order valence-electron chi connectivity index (χ0n) is 16.0. The van der Waals surface area contributed by atoms with Crippen LogP contribution in [0.1, 0.15) is 37.3 Å². The molecule has 1 aliphatic heterocycles. The summed E-state index contributed by atoms with van der Waals surface area (Å²) in [6.45, 7) is 2.78. The molecule has 1 heterocycles. The molecular weight excluding hydrogens is 413 g/mol. The number of amides is 2. The quantitative estimate of drug-likeness (QED) is 0.363. The molecule has 0 saturated carbocycles. The predicted molar refractivity (Wildman–Crippen MR) is 114 cm³/mol. The van der Waals surface area contributed by atoms with Crippen molar-refractivity contribution >= 4 is 40.6 Å². The van der Waals surface area contributed by atoms with Crippen molar-refractivity contribution in [3.05, 3.63) is 69.3 Å². The molecule has 1 saturated heterocycles. The van der Waals surface area contributed by atoms with E-state index in [2.05, 4.69) is 6.92 Å². The van der Waals surface area contributed by atoms with Crippen molar-refractivity contribution in [1.82, 2.24) is 4.90 Å². The highest BCUT2D eigenvalue weighted by atomic mass is 35.5. The van der Waals surface area contributed by atoms with E-state index in [4.69, 9.17) is 16.3 Å². The number of nitrogens with zero attached hydrogens (tertiary/aromatic N) is 1. The van der Waals surface area contributed by atoms with Gasteiger partial charge in [0.05, 0.1) is 9.93 Å². The topological polar surface area (TPSA) is 46.6 Å². The van der Waals surface area contributed by atoms with Gasteiger partial charge in [-0.2, -0.15) is 0 Å². The summed E-state index contributed by atoms with van der Waals surface area (Å²) in [5.41, 5.74) is 1.53. The first-order valence-corrected chi connectivity index (χ1v) is 10.6. The van der Waals surface area contributed by atoms with Gasteiger partial charge in [0.15, 0.2) is 0 Å². The number of hydrogen-bond donors (Lipinski definition) is 0. The fourth-order valence-corrected chi connectivity index (χ4v) is 3.94. The summed E-state index contributed by atoms with van der Waals surface area (Å²) < 4.78 is 18.7. The normalized spacial score (nSPS) is 15.4. The van der Waals surface area contributed by atoms with Crippen LogP contribution >= 0.6 is 23.4 Å². The zero-order valence-corrected chi connectivity index (χ0v) is 17.6. The first-order valence-electron chi connectivity index (χ1n) is 9.40. The second-order valence-corrected chi connectivity index (χ2v) is 8.05. The second kappa shape index (κ2) is 9.94. The van der Waals surface area contributed by atoms with E-state index in [0.29, 0.717) is 27.8 Å². The molecule has 0 bridgehead atoms. The summed E-state index contributed by atoms with van der Waals surface area (Å²) in [7, 11) is 0. The van der Waals surface area contributed by atoms with Gasteiger partial charge in [0.1, 0.15) is 18.2 Å². The highest BCUT2D eigenvalue weighted by molar-refractivity contribution is 8.18. The van der Waals surface area contributed by atoms with Gasteiger partial charge in [0.2, 0.25) is 0 Å². The van der Waals surface area contributed by atoms with Crippen molar-refractivity contribution in [3.63, 3.8) is 0 Å². The second-order valence-electron chi connectivity index (χ2n) is 6.65. The van der Waals surface area contributed by atoms with Crippen molar-refractivity contribution < 1.29 is 18.7 Å².